The molecule has 1 aliphatic heterocycles. The molecule has 30 heavy (non-hydrogen) atoms. The number of amides is 2. The van der Waals surface area contributed by atoms with Gasteiger partial charge in [-0.05, 0) is 68.9 Å². The number of hydrogen-bond acceptors (Lipinski definition) is 4. The number of nitrogens with zero attached hydrogens (tertiary/aromatic N) is 1. The van der Waals surface area contributed by atoms with Gasteiger partial charge in [0.15, 0.2) is 0 Å². The zero-order valence-electron chi connectivity index (χ0n) is 17.7. The number of carbonyl (C=O) groups is 2. The molecular weight excluding hydrogens is 378 g/mol. The molecule has 2 aromatic rings. The van der Waals surface area contributed by atoms with E-state index in [1.54, 1.807) is 18.2 Å². The molecule has 2 N–H and O–H groups in total. The van der Waals surface area contributed by atoms with E-state index < -0.39 is 11.8 Å². The molecule has 6 heteroatoms. The molecule has 0 saturated carbocycles. The highest BCUT2D eigenvalue weighted by molar-refractivity contribution is 6.39. The fourth-order valence-corrected chi connectivity index (χ4v) is 3.63. The summed E-state index contributed by atoms with van der Waals surface area (Å²) in [7, 11) is 0. The Balaban J connectivity index is 1.39. The van der Waals surface area contributed by atoms with Gasteiger partial charge in [-0.15, -0.1) is 0 Å². The predicted octanol–water partition coefficient (Wildman–Crippen LogP) is 3.76. The van der Waals surface area contributed by atoms with Crippen LogP contribution in [0.4, 0.5) is 11.4 Å². The molecule has 1 saturated heterocycles. The lowest BCUT2D eigenvalue weighted by atomic mass is 10.1. The summed E-state index contributed by atoms with van der Waals surface area (Å²) in [5, 5.41) is 5.30. The van der Waals surface area contributed by atoms with Crippen LogP contribution in [0, 0.1) is 0 Å². The van der Waals surface area contributed by atoms with E-state index in [9.17, 15) is 9.59 Å². The van der Waals surface area contributed by atoms with Gasteiger partial charge in [-0.2, -0.15) is 0 Å². The standard InChI is InChI=1S/C24H31N3O3/c1-2-30-22-11-5-4-10-21(22)26-24(29)23(28)25-16-8-9-19-12-14-20(15-13-19)27-17-6-3-7-18-27/h4-5,10-15H,2-3,6-9,16-18H2,1H3,(H,25,28)(H,26,29). The van der Waals surface area contributed by atoms with Gasteiger partial charge in [0.2, 0.25) is 0 Å². The Morgan fingerprint density at radius 2 is 1.70 bits per heavy atom. The van der Waals surface area contributed by atoms with Crippen molar-refractivity contribution >= 4 is 23.2 Å². The molecule has 2 amide bonds. The number of rotatable bonds is 8. The van der Waals surface area contributed by atoms with Crippen molar-refractivity contribution in [3.8, 4) is 5.75 Å². The van der Waals surface area contributed by atoms with Gasteiger partial charge in [-0.25, -0.2) is 0 Å². The van der Waals surface area contributed by atoms with Gasteiger partial charge >= 0.3 is 11.8 Å². The number of anilines is 2. The molecule has 0 atom stereocenters. The van der Waals surface area contributed by atoms with Crippen molar-refractivity contribution in [3.05, 3.63) is 54.1 Å². The van der Waals surface area contributed by atoms with Gasteiger partial charge in [0, 0.05) is 25.3 Å². The fraction of sp³-hybridized carbons (Fsp3) is 0.417. The Morgan fingerprint density at radius 1 is 0.967 bits per heavy atom. The summed E-state index contributed by atoms with van der Waals surface area (Å²) in [6, 6.07) is 15.8. The molecule has 1 aliphatic rings. The smallest absolute Gasteiger partial charge is 0.313 e. The fourth-order valence-electron chi connectivity index (χ4n) is 3.63. The van der Waals surface area contributed by atoms with Gasteiger partial charge in [-0.1, -0.05) is 24.3 Å². The number of hydrogen-bond donors (Lipinski definition) is 2. The summed E-state index contributed by atoms with van der Waals surface area (Å²) in [6.45, 7) is 5.09. The Hall–Kier alpha value is -3.02. The number of para-hydroxylation sites is 2. The summed E-state index contributed by atoms with van der Waals surface area (Å²) in [6.07, 6.45) is 5.50. The maximum Gasteiger partial charge on any atom is 0.313 e. The van der Waals surface area contributed by atoms with Gasteiger partial charge in [0.25, 0.3) is 0 Å². The zero-order valence-corrected chi connectivity index (χ0v) is 17.7. The molecule has 0 unspecified atom stereocenters. The first-order valence-corrected chi connectivity index (χ1v) is 10.8. The largest absolute Gasteiger partial charge is 0.492 e. The van der Waals surface area contributed by atoms with Crippen LogP contribution in [0.25, 0.3) is 0 Å². The third-order valence-electron chi connectivity index (χ3n) is 5.23. The van der Waals surface area contributed by atoms with E-state index in [-0.39, 0.29) is 0 Å². The third-order valence-corrected chi connectivity index (χ3v) is 5.23. The molecular formula is C24H31N3O3. The highest BCUT2D eigenvalue weighted by Gasteiger charge is 2.15. The number of nitrogens with one attached hydrogen (secondary N) is 2. The number of ether oxygens (including phenoxy) is 1. The van der Waals surface area contributed by atoms with E-state index in [1.807, 2.05) is 13.0 Å². The Morgan fingerprint density at radius 3 is 2.43 bits per heavy atom. The Bertz CT molecular complexity index is 830. The molecule has 0 radical (unpaired) electrons. The van der Waals surface area contributed by atoms with Crippen molar-refractivity contribution in [1.29, 1.82) is 0 Å². The second kappa shape index (κ2) is 11.2. The predicted molar refractivity (Wildman–Crippen MR) is 120 cm³/mol. The minimum atomic E-state index is -0.687. The number of benzene rings is 2. The van der Waals surface area contributed by atoms with Crippen LogP contribution >= 0.6 is 0 Å². The molecule has 0 spiro atoms. The zero-order chi connectivity index (χ0) is 21.2. The van der Waals surface area contributed by atoms with Crippen LogP contribution in [0.2, 0.25) is 0 Å². The van der Waals surface area contributed by atoms with Crippen LogP contribution in [0.1, 0.15) is 38.2 Å². The van der Waals surface area contributed by atoms with E-state index in [0.29, 0.717) is 24.6 Å². The van der Waals surface area contributed by atoms with E-state index in [0.717, 1.165) is 25.9 Å². The molecule has 1 heterocycles. The highest BCUT2D eigenvalue weighted by Crippen LogP contribution is 2.23. The molecule has 2 aromatic carbocycles. The summed E-state index contributed by atoms with van der Waals surface area (Å²) in [5.74, 6) is -0.774. The monoisotopic (exact) mass is 409 g/mol. The number of piperidine rings is 1. The van der Waals surface area contributed by atoms with Crippen molar-refractivity contribution < 1.29 is 14.3 Å². The van der Waals surface area contributed by atoms with E-state index in [1.165, 1.54) is 30.5 Å². The third kappa shape index (κ3) is 6.24. The second-order valence-electron chi connectivity index (χ2n) is 7.46. The van der Waals surface area contributed by atoms with Crippen LogP contribution in [-0.2, 0) is 16.0 Å². The minimum absolute atomic E-state index is 0.452. The molecule has 0 bridgehead atoms. The molecule has 0 aliphatic carbocycles. The highest BCUT2D eigenvalue weighted by atomic mass is 16.5. The second-order valence-corrected chi connectivity index (χ2v) is 7.46. The van der Waals surface area contributed by atoms with Gasteiger partial charge in [-0.3, -0.25) is 9.59 Å². The van der Waals surface area contributed by atoms with Crippen LogP contribution < -0.4 is 20.3 Å². The van der Waals surface area contributed by atoms with Crippen molar-refractivity contribution in [2.45, 2.75) is 39.0 Å². The van der Waals surface area contributed by atoms with Crippen molar-refractivity contribution in [1.82, 2.24) is 5.32 Å². The number of carbonyl (C=O) groups excluding carboxylic acids is 2. The summed E-state index contributed by atoms with van der Waals surface area (Å²) < 4.78 is 5.46. The maximum absolute atomic E-state index is 12.1. The Labute approximate surface area is 178 Å². The first-order valence-electron chi connectivity index (χ1n) is 10.8. The van der Waals surface area contributed by atoms with Crippen LogP contribution in [-0.4, -0.2) is 38.1 Å². The average Bonchev–Trinajstić information content (AvgIpc) is 2.79. The first-order chi connectivity index (χ1) is 14.7. The van der Waals surface area contributed by atoms with E-state index in [4.69, 9.17) is 4.74 Å². The molecule has 3 rings (SSSR count). The maximum atomic E-state index is 12.1. The number of aryl methyl sites for hydroxylation is 1. The molecule has 160 valence electrons. The normalized spacial score (nSPS) is 13.6. The van der Waals surface area contributed by atoms with Gasteiger partial charge in [0.05, 0.1) is 12.3 Å². The lowest BCUT2D eigenvalue weighted by Gasteiger charge is -2.28. The lowest BCUT2D eigenvalue weighted by Crippen LogP contribution is -2.36. The SMILES string of the molecule is CCOc1ccccc1NC(=O)C(=O)NCCCc1ccc(N2CCCCC2)cc1. The topological polar surface area (TPSA) is 70.7 Å². The van der Waals surface area contributed by atoms with Crippen LogP contribution in [0.15, 0.2) is 48.5 Å². The summed E-state index contributed by atoms with van der Waals surface area (Å²) in [4.78, 5) is 26.7. The minimum Gasteiger partial charge on any atom is -0.492 e. The van der Waals surface area contributed by atoms with Gasteiger partial charge < -0.3 is 20.3 Å². The quantitative estimate of drug-likeness (QED) is 0.514. The first kappa shape index (κ1) is 21.7. The molecule has 0 aromatic heterocycles. The van der Waals surface area contributed by atoms with Crippen molar-refractivity contribution in [2.75, 3.05) is 36.5 Å². The van der Waals surface area contributed by atoms with Crippen molar-refractivity contribution in [2.24, 2.45) is 0 Å². The van der Waals surface area contributed by atoms with Crippen LogP contribution in [0.5, 0.6) is 5.75 Å². The summed E-state index contributed by atoms with van der Waals surface area (Å²) >= 11 is 0. The molecule has 1 fully saturated rings. The van der Waals surface area contributed by atoms with Gasteiger partial charge in [0.1, 0.15) is 5.75 Å². The van der Waals surface area contributed by atoms with E-state index >= 15 is 0 Å². The van der Waals surface area contributed by atoms with E-state index in [2.05, 4.69) is 39.8 Å². The lowest BCUT2D eigenvalue weighted by molar-refractivity contribution is -0.136. The average molecular weight is 410 g/mol. The molecule has 6 nitrogen and oxygen atoms in total. The summed E-state index contributed by atoms with van der Waals surface area (Å²) in [5.41, 5.74) is 3.02. The van der Waals surface area contributed by atoms with Crippen molar-refractivity contribution in [3.63, 3.8) is 0 Å². The Kier molecular flexibility index (Phi) is 8.12. The van der Waals surface area contributed by atoms with Crippen LogP contribution in [0.3, 0.4) is 0 Å².